The zero-order valence-electron chi connectivity index (χ0n) is 4.48. The molecule has 0 aromatic carbocycles. The average Bonchev–Trinajstić information content (AvgIpc) is 1.88. The molecule has 0 radical (unpaired) electrons. The number of carbonyl (C=O) groups excluding carboxylic acids is 1. The molecular formula is C3H5N5O. The van der Waals surface area contributed by atoms with Gasteiger partial charge in [-0.3, -0.25) is 4.79 Å². The first kappa shape index (κ1) is 5.87. The van der Waals surface area contributed by atoms with Crippen LogP contribution in [0.25, 0.3) is 10.4 Å². The molecule has 1 saturated heterocycles. The monoisotopic (exact) mass is 127 g/mol. The van der Waals surface area contributed by atoms with Crippen molar-refractivity contribution < 1.29 is 4.79 Å². The van der Waals surface area contributed by atoms with Crippen molar-refractivity contribution in [1.82, 2.24) is 5.32 Å². The van der Waals surface area contributed by atoms with Gasteiger partial charge in [0.1, 0.15) is 12.2 Å². The molecule has 2 atom stereocenters. The van der Waals surface area contributed by atoms with E-state index >= 15 is 0 Å². The molecule has 1 heterocycles. The van der Waals surface area contributed by atoms with Crippen LogP contribution in [0.4, 0.5) is 0 Å². The number of β-lactam (4-membered cyclic amide) rings is 1. The lowest BCUT2D eigenvalue weighted by atomic mass is 10.1. The van der Waals surface area contributed by atoms with Crippen LogP contribution in [0.3, 0.4) is 0 Å². The van der Waals surface area contributed by atoms with Gasteiger partial charge >= 0.3 is 0 Å². The van der Waals surface area contributed by atoms with Crippen LogP contribution in [-0.4, -0.2) is 18.1 Å². The molecule has 1 rings (SSSR count). The summed E-state index contributed by atoms with van der Waals surface area (Å²) in [5.74, 6) is -0.271. The number of carbonyl (C=O) groups is 1. The van der Waals surface area contributed by atoms with E-state index in [1.807, 2.05) is 0 Å². The van der Waals surface area contributed by atoms with Gasteiger partial charge in [-0.05, 0) is 5.53 Å². The second kappa shape index (κ2) is 1.93. The van der Waals surface area contributed by atoms with Gasteiger partial charge < -0.3 is 11.1 Å². The maximum Gasteiger partial charge on any atom is 0.239 e. The molecule has 0 bridgehead atoms. The van der Waals surface area contributed by atoms with Crippen molar-refractivity contribution in [3.05, 3.63) is 10.4 Å². The van der Waals surface area contributed by atoms with E-state index in [9.17, 15) is 4.79 Å². The third-order valence-electron chi connectivity index (χ3n) is 1.11. The van der Waals surface area contributed by atoms with Crippen LogP contribution >= 0.6 is 0 Å². The average molecular weight is 127 g/mol. The minimum atomic E-state index is -0.652. The number of nitrogens with two attached hydrogens (primary N) is 1. The summed E-state index contributed by atoms with van der Waals surface area (Å²) in [5.41, 5.74) is 13.0. The van der Waals surface area contributed by atoms with E-state index in [0.29, 0.717) is 0 Å². The predicted octanol–water partition coefficient (Wildman–Crippen LogP) is -0.920. The van der Waals surface area contributed by atoms with Gasteiger partial charge in [0, 0.05) is 4.91 Å². The molecule has 1 aliphatic heterocycles. The summed E-state index contributed by atoms with van der Waals surface area (Å²) in [4.78, 5) is 12.8. The van der Waals surface area contributed by atoms with Gasteiger partial charge in [-0.15, -0.1) is 0 Å². The molecule has 0 aromatic heterocycles. The van der Waals surface area contributed by atoms with Crippen LogP contribution in [0, 0.1) is 0 Å². The maximum atomic E-state index is 10.3. The lowest BCUT2D eigenvalue weighted by Gasteiger charge is -2.29. The normalized spacial score (nSPS) is 31.9. The van der Waals surface area contributed by atoms with Gasteiger partial charge in [0.25, 0.3) is 0 Å². The fourth-order valence-electron chi connectivity index (χ4n) is 0.535. The van der Waals surface area contributed by atoms with E-state index in [0.717, 1.165) is 0 Å². The molecule has 1 aliphatic rings. The lowest BCUT2D eigenvalue weighted by Crippen LogP contribution is -2.65. The highest BCUT2D eigenvalue weighted by atomic mass is 16.2. The first-order valence-corrected chi connectivity index (χ1v) is 2.36. The SMILES string of the molecule is [N-]=[N+]=N[C@H]1NC(=O)[C@H]1N. The number of nitrogens with one attached hydrogen (secondary N) is 1. The number of azide groups is 1. The molecule has 3 N–H and O–H groups in total. The van der Waals surface area contributed by atoms with Crippen molar-refractivity contribution in [2.24, 2.45) is 10.8 Å². The second-order valence-corrected chi connectivity index (χ2v) is 1.68. The van der Waals surface area contributed by atoms with Crippen molar-refractivity contribution in [3.8, 4) is 0 Å². The molecule has 0 aromatic rings. The topological polar surface area (TPSA) is 104 Å². The Balaban J connectivity index is 2.51. The minimum absolute atomic E-state index is 0.271. The number of rotatable bonds is 1. The quantitative estimate of drug-likeness (QED) is 0.206. The van der Waals surface area contributed by atoms with Crippen LogP contribution in [0.5, 0.6) is 0 Å². The van der Waals surface area contributed by atoms with Gasteiger partial charge in [-0.1, -0.05) is 5.11 Å². The van der Waals surface area contributed by atoms with Gasteiger partial charge in [0.05, 0.1) is 0 Å². The van der Waals surface area contributed by atoms with Crippen molar-refractivity contribution >= 4 is 5.91 Å². The van der Waals surface area contributed by atoms with Gasteiger partial charge in [-0.2, -0.15) is 0 Å². The molecule has 6 nitrogen and oxygen atoms in total. The largest absolute Gasteiger partial charge is 0.344 e. The summed E-state index contributed by atoms with van der Waals surface area (Å²) in [6.07, 6.45) is -0.539. The Morgan fingerprint density at radius 1 is 1.89 bits per heavy atom. The number of hydrogen-bond donors (Lipinski definition) is 2. The Bertz CT molecular complexity index is 183. The smallest absolute Gasteiger partial charge is 0.239 e. The molecular weight excluding hydrogens is 122 g/mol. The van der Waals surface area contributed by atoms with E-state index in [1.54, 1.807) is 0 Å². The first-order valence-electron chi connectivity index (χ1n) is 2.36. The van der Waals surface area contributed by atoms with Gasteiger partial charge in [-0.25, -0.2) is 0 Å². The van der Waals surface area contributed by atoms with Crippen LogP contribution in [0.1, 0.15) is 0 Å². The summed E-state index contributed by atoms with van der Waals surface area (Å²) in [5, 5.41) is 5.49. The summed E-state index contributed by atoms with van der Waals surface area (Å²) in [6, 6.07) is -0.652. The zero-order chi connectivity index (χ0) is 6.85. The molecule has 48 valence electrons. The minimum Gasteiger partial charge on any atom is -0.344 e. The van der Waals surface area contributed by atoms with Crippen molar-refractivity contribution in [2.75, 3.05) is 0 Å². The molecule has 0 unspecified atom stereocenters. The Kier molecular flexibility index (Phi) is 1.26. The standard InChI is InChI=1S/C3H5N5O/c4-1-2(7-8-5)6-3(1)9/h1-2H,4H2,(H,6,9)/t1-,2+/m0/s1. The number of amides is 1. The predicted molar refractivity (Wildman–Crippen MR) is 29.1 cm³/mol. The fourth-order valence-corrected chi connectivity index (χ4v) is 0.535. The zero-order valence-corrected chi connectivity index (χ0v) is 4.48. The maximum absolute atomic E-state index is 10.3. The molecule has 6 heteroatoms. The van der Waals surface area contributed by atoms with Crippen LogP contribution < -0.4 is 11.1 Å². The molecule has 0 saturated carbocycles. The van der Waals surface area contributed by atoms with E-state index in [4.69, 9.17) is 11.3 Å². The Labute approximate surface area is 50.6 Å². The summed E-state index contributed by atoms with van der Waals surface area (Å²) < 4.78 is 0. The van der Waals surface area contributed by atoms with E-state index in [-0.39, 0.29) is 5.91 Å². The van der Waals surface area contributed by atoms with Crippen LogP contribution in [0.15, 0.2) is 5.11 Å². The molecule has 0 spiro atoms. The summed E-state index contributed by atoms with van der Waals surface area (Å²) >= 11 is 0. The Morgan fingerprint density at radius 2 is 2.56 bits per heavy atom. The summed E-state index contributed by atoms with van der Waals surface area (Å²) in [7, 11) is 0. The highest BCUT2D eigenvalue weighted by Gasteiger charge is 2.34. The van der Waals surface area contributed by atoms with E-state index < -0.39 is 12.2 Å². The highest BCUT2D eigenvalue weighted by molar-refractivity contribution is 5.88. The summed E-state index contributed by atoms with van der Waals surface area (Å²) in [6.45, 7) is 0. The Morgan fingerprint density at radius 3 is 2.89 bits per heavy atom. The van der Waals surface area contributed by atoms with Crippen molar-refractivity contribution in [2.45, 2.75) is 12.2 Å². The van der Waals surface area contributed by atoms with E-state index in [1.165, 1.54) is 0 Å². The lowest BCUT2D eigenvalue weighted by molar-refractivity contribution is -0.130. The van der Waals surface area contributed by atoms with Crippen LogP contribution in [-0.2, 0) is 4.79 Å². The molecule has 0 aliphatic carbocycles. The number of nitrogens with zero attached hydrogens (tertiary/aromatic N) is 3. The van der Waals surface area contributed by atoms with Gasteiger partial charge in [0.15, 0.2) is 0 Å². The third kappa shape index (κ3) is 0.802. The van der Waals surface area contributed by atoms with Crippen molar-refractivity contribution in [1.29, 1.82) is 0 Å². The first-order chi connectivity index (χ1) is 4.25. The Hall–Kier alpha value is -1.26. The van der Waals surface area contributed by atoms with Gasteiger partial charge in [0.2, 0.25) is 5.91 Å². The fraction of sp³-hybridized carbons (Fsp3) is 0.667. The van der Waals surface area contributed by atoms with E-state index in [2.05, 4.69) is 15.3 Å². The molecule has 1 amide bonds. The molecule has 1 fully saturated rings. The number of hydrogen-bond acceptors (Lipinski definition) is 3. The molecule has 9 heavy (non-hydrogen) atoms. The third-order valence-corrected chi connectivity index (χ3v) is 1.11. The highest BCUT2D eigenvalue weighted by Crippen LogP contribution is 2.03. The van der Waals surface area contributed by atoms with Crippen molar-refractivity contribution in [3.63, 3.8) is 0 Å². The van der Waals surface area contributed by atoms with Crippen LogP contribution in [0.2, 0.25) is 0 Å². The second-order valence-electron chi connectivity index (χ2n) is 1.68.